The second kappa shape index (κ2) is 3.91. The Morgan fingerprint density at radius 2 is 1.88 bits per heavy atom. The molecule has 3 rings (SSSR count). The number of rotatable bonds is 1. The maximum atomic E-state index is 11.6. The Morgan fingerprint density at radius 1 is 1.31 bits per heavy atom. The molecule has 92 valence electrons. The molecule has 1 aliphatic carbocycles. The van der Waals surface area contributed by atoms with Crippen molar-refractivity contribution >= 4 is 6.09 Å². The molecule has 2 aliphatic heterocycles. The average Bonchev–Trinajstić information content (AvgIpc) is 2.11. The molecule has 1 amide bonds. The van der Waals surface area contributed by atoms with Crippen molar-refractivity contribution in [3.8, 4) is 0 Å². The lowest BCUT2D eigenvalue weighted by molar-refractivity contribution is -0.0126. The molecule has 0 aromatic rings. The van der Waals surface area contributed by atoms with Gasteiger partial charge in [-0.2, -0.15) is 0 Å². The van der Waals surface area contributed by atoms with Crippen molar-refractivity contribution in [1.29, 1.82) is 0 Å². The molecule has 1 N–H and O–H groups in total. The van der Waals surface area contributed by atoms with Gasteiger partial charge in [0.1, 0.15) is 5.60 Å². The molecule has 2 bridgehead atoms. The van der Waals surface area contributed by atoms with Crippen molar-refractivity contribution in [2.75, 3.05) is 20.1 Å². The number of piperidine rings is 2. The summed E-state index contributed by atoms with van der Waals surface area (Å²) in [7, 11) is 2.14. The molecule has 1 saturated carbocycles. The Morgan fingerprint density at radius 3 is 2.38 bits per heavy atom. The molecule has 2 saturated heterocycles. The van der Waals surface area contributed by atoms with Crippen molar-refractivity contribution in [3.05, 3.63) is 0 Å². The van der Waals surface area contributed by atoms with E-state index < -0.39 is 5.60 Å². The number of nitrogens with zero attached hydrogens (tertiary/aromatic N) is 1. The van der Waals surface area contributed by atoms with Gasteiger partial charge in [-0.25, -0.2) is 4.79 Å². The Labute approximate surface area is 97.3 Å². The summed E-state index contributed by atoms with van der Waals surface area (Å²) in [4.78, 5) is 14.0. The van der Waals surface area contributed by atoms with E-state index in [2.05, 4.69) is 17.3 Å². The summed E-state index contributed by atoms with van der Waals surface area (Å²) in [5, 5.41) is 3.01. The molecule has 0 unspecified atom stereocenters. The minimum absolute atomic E-state index is 0.267. The zero-order chi connectivity index (χ0) is 11.9. The van der Waals surface area contributed by atoms with Crippen LogP contribution in [0.4, 0.5) is 4.79 Å². The van der Waals surface area contributed by atoms with Crippen LogP contribution in [0.1, 0.15) is 27.2 Å². The number of fused-ring (bicyclic) bond motifs is 2. The third-order valence-electron chi connectivity index (χ3n) is 3.40. The molecule has 16 heavy (non-hydrogen) atoms. The van der Waals surface area contributed by atoms with Crippen LogP contribution in [0.5, 0.6) is 0 Å². The van der Waals surface area contributed by atoms with Gasteiger partial charge in [0.25, 0.3) is 0 Å². The van der Waals surface area contributed by atoms with Gasteiger partial charge in [-0.15, -0.1) is 0 Å². The lowest BCUT2D eigenvalue weighted by atomic mass is 9.66. The Kier molecular flexibility index (Phi) is 2.86. The van der Waals surface area contributed by atoms with E-state index in [9.17, 15) is 4.79 Å². The zero-order valence-corrected chi connectivity index (χ0v) is 10.6. The fourth-order valence-corrected chi connectivity index (χ4v) is 2.80. The lowest BCUT2D eigenvalue weighted by Crippen LogP contribution is -2.63. The molecular weight excluding hydrogens is 204 g/mol. The third kappa shape index (κ3) is 2.48. The first kappa shape index (κ1) is 11.7. The number of nitrogens with one attached hydrogen (secondary N) is 1. The quantitative estimate of drug-likeness (QED) is 0.736. The van der Waals surface area contributed by atoms with E-state index in [0.717, 1.165) is 13.1 Å². The van der Waals surface area contributed by atoms with E-state index in [1.54, 1.807) is 0 Å². The van der Waals surface area contributed by atoms with Crippen LogP contribution in [0.2, 0.25) is 0 Å². The van der Waals surface area contributed by atoms with Crippen molar-refractivity contribution in [3.63, 3.8) is 0 Å². The maximum Gasteiger partial charge on any atom is 0.407 e. The zero-order valence-electron chi connectivity index (χ0n) is 10.6. The van der Waals surface area contributed by atoms with Gasteiger partial charge >= 0.3 is 6.09 Å². The molecule has 4 heteroatoms. The molecule has 3 fully saturated rings. The van der Waals surface area contributed by atoms with E-state index in [-0.39, 0.29) is 6.09 Å². The van der Waals surface area contributed by atoms with Crippen molar-refractivity contribution in [1.82, 2.24) is 10.2 Å². The number of carbonyl (C=O) groups excluding carboxylic acids is 1. The van der Waals surface area contributed by atoms with Crippen molar-refractivity contribution < 1.29 is 9.53 Å². The number of carbonyl (C=O) groups is 1. The normalized spacial score (nSPS) is 34.1. The van der Waals surface area contributed by atoms with Gasteiger partial charge in [0.05, 0.1) is 0 Å². The highest BCUT2D eigenvalue weighted by Crippen LogP contribution is 2.39. The van der Waals surface area contributed by atoms with Crippen LogP contribution < -0.4 is 5.32 Å². The smallest absolute Gasteiger partial charge is 0.407 e. The van der Waals surface area contributed by atoms with Crippen LogP contribution in [-0.2, 0) is 4.74 Å². The van der Waals surface area contributed by atoms with E-state index >= 15 is 0 Å². The summed E-state index contributed by atoms with van der Waals surface area (Å²) >= 11 is 0. The van der Waals surface area contributed by atoms with Gasteiger partial charge in [0.2, 0.25) is 0 Å². The molecule has 3 atom stereocenters. The molecular formula is C12H22N2O2. The van der Waals surface area contributed by atoms with Crippen LogP contribution in [-0.4, -0.2) is 42.8 Å². The molecule has 2 heterocycles. The van der Waals surface area contributed by atoms with Crippen molar-refractivity contribution in [2.45, 2.75) is 38.8 Å². The largest absolute Gasteiger partial charge is 0.444 e. The predicted octanol–water partition coefficient (Wildman–Crippen LogP) is 1.46. The number of ether oxygens (including phenoxy) is 1. The van der Waals surface area contributed by atoms with Gasteiger partial charge in [-0.05, 0) is 46.1 Å². The van der Waals surface area contributed by atoms with Crippen molar-refractivity contribution in [2.24, 2.45) is 11.8 Å². The summed E-state index contributed by atoms with van der Waals surface area (Å²) < 4.78 is 5.27. The number of hydrogen-bond donors (Lipinski definition) is 1. The third-order valence-corrected chi connectivity index (χ3v) is 3.40. The monoisotopic (exact) mass is 226 g/mol. The molecule has 0 spiro atoms. The first-order valence-corrected chi connectivity index (χ1v) is 6.03. The number of hydrogen-bond acceptors (Lipinski definition) is 3. The van der Waals surface area contributed by atoms with Crippen LogP contribution in [0.25, 0.3) is 0 Å². The second-order valence-corrected chi connectivity index (χ2v) is 6.15. The lowest BCUT2D eigenvalue weighted by Gasteiger charge is -2.52. The maximum absolute atomic E-state index is 11.6. The van der Waals surface area contributed by atoms with E-state index in [1.807, 2.05) is 20.8 Å². The van der Waals surface area contributed by atoms with Gasteiger partial charge in [-0.1, -0.05) is 0 Å². The number of alkyl carbamates (subject to hydrolysis) is 1. The van der Waals surface area contributed by atoms with Gasteiger partial charge in [0.15, 0.2) is 0 Å². The minimum atomic E-state index is -0.403. The molecule has 3 aliphatic rings. The second-order valence-electron chi connectivity index (χ2n) is 6.15. The van der Waals surface area contributed by atoms with E-state index in [4.69, 9.17) is 4.74 Å². The van der Waals surface area contributed by atoms with Gasteiger partial charge < -0.3 is 15.0 Å². The van der Waals surface area contributed by atoms with E-state index in [1.165, 1.54) is 6.42 Å². The van der Waals surface area contributed by atoms with Crippen LogP contribution in [0.15, 0.2) is 0 Å². The van der Waals surface area contributed by atoms with Crippen LogP contribution >= 0.6 is 0 Å². The van der Waals surface area contributed by atoms with Gasteiger partial charge in [0, 0.05) is 19.1 Å². The van der Waals surface area contributed by atoms with Gasteiger partial charge in [-0.3, -0.25) is 0 Å². The molecule has 0 radical (unpaired) electrons. The fraction of sp³-hybridized carbons (Fsp3) is 0.917. The van der Waals surface area contributed by atoms with Crippen LogP contribution in [0.3, 0.4) is 0 Å². The Hall–Kier alpha value is -0.770. The predicted molar refractivity (Wildman–Crippen MR) is 62.3 cm³/mol. The fourth-order valence-electron chi connectivity index (χ4n) is 2.80. The summed E-state index contributed by atoms with van der Waals surface area (Å²) in [5.41, 5.74) is -0.403. The minimum Gasteiger partial charge on any atom is -0.444 e. The average molecular weight is 226 g/mol. The van der Waals surface area contributed by atoms with Crippen LogP contribution in [0, 0.1) is 11.8 Å². The highest BCUT2D eigenvalue weighted by Gasteiger charge is 2.46. The highest BCUT2D eigenvalue weighted by atomic mass is 16.6. The topological polar surface area (TPSA) is 41.6 Å². The summed E-state index contributed by atoms with van der Waals surface area (Å²) in [6, 6.07) is 0.339. The Balaban J connectivity index is 1.81. The first-order valence-electron chi connectivity index (χ1n) is 6.03. The molecule has 0 aromatic heterocycles. The first-order chi connectivity index (χ1) is 7.35. The summed E-state index contributed by atoms with van der Waals surface area (Å²) in [6.45, 7) is 7.86. The molecule has 4 nitrogen and oxygen atoms in total. The standard InChI is InChI=1S/C12H22N2O2/c1-12(2,3)16-11(15)13-10-8-5-9(10)7-14(4)6-8/h8-10H,5-7H2,1-4H3,(H,13,15)/t8-,9+,10+. The summed E-state index contributed by atoms with van der Waals surface area (Å²) in [5.74, 6) is 1.24. The SMILES string of the molecule is CN1C[C@H]2C[C@@H](C1)[C@H]2NC(=O)OC(C)(C)C. The molecule has 0 aromatic carbocycles. The van der Waals surface area contributed by atoms with E-state index in [0.29, 0.717) is 17.9 Å². The highest BCUT2D eigenvalue weighted by molar-refractivity contribution is 5.68. The number of amides is 1. The summed E-state index contributed by atoms with van der Waals surface area (Å²) in [6.07, 6.45) is 0.988. The Bertz CT molecular complexity index is 273.